The minimum Gasteiger partial charge on any atom is -0.507 e. The van der Waals surface area contributed by atoms with Gasteiger partial charge in [-0.1, -0.05) is 5.16 Å². The van der Waals surface area contributed by atoms with E-state index in [1.807, 2.05) is 0 Å². The minimum absolute atomic E-state index is 0.00981. The summed E-state index contributed by atoms with van der Waals surface area (Å²) in [6, 6.07) is 1.75. The van der Waals surface area contributed by atoms with Gasteiger partial charge in [0.25, 0.3) is 0 Å². The van der Waals surface area contributed by atoms with Crippen molar-refractivity contribution >= 4 is 11.4 Å². The molecule has 0 heterocycles. The van der Waals surface area contributed by atoms with E-state index in [1.54, 1.807) is 0 Å². The number of nitrogens with zero attached hydrogens (tertiary/aromatic N) is 2. The fourth-order valence-corrected chi connectivity index (χ4v) is 1.06. The van der Waals surface area contributed by atoms with Crippen molar-refractivity contribution in [2.45, 2.75) is 6.92 Å². The van der Waals surface area contributed by atoms with Crippen molar-refractivity contribution < 1.29 is 20.3 Å². The predicted molar refractivity (Wildman–Crippen MR) is 50.4 cm³/mol. The van der Waals surface area contributed by atoms with Crippen LogP contribution in [0.1, 0.15) is 12.5 Å². The van der Waals surface area contributed by atoms with Crippen LogP contribution in [-0.4, -0.2) is 26.1 Å². The van der Waals surface area contributed by atoms with Gasteiger partial charge in [-0.25, -0.2) is 0 Å². The molecule has 1 rings (SSSR count). The highest BCUT2D eigenvalue weighted by Crippen LogP contribution is 2.33. The average molecular weight is 212 g/mol. The Balaban J connectivity index is 3.43. The van der Waals surface area contributed by atoms with Crippen molar-refractivity contribution in [1.82, 2.24) is 0 Å². The zero-order valence-corrected chi connectivity index (χ0v) is 7.71. The Bertz CT molecular complexity index is 441. The molecule has 0 unspecified atom stereocenters. The number of aromatic hydroxyl groups is 2. The molecule has 0 bridgehead atoms. The first-order chi connectivity index (χ1) is 6.97. The van der Waals surface area contributed by atoms with Crippen molar-refractivity contribution in [3.8, 4) is 11.5 Å². The molecule has 0 amide bonds. The van der Waals surface area contributed by atoms with Crippen LogP contribution in [-0.2, 0) is 0 Å². The van der Waals surface area contributed by atoms with Gasteiger partial charge in [-0.05, 0) is 6.92 Å². The molecule has 0 radical (unpaired) electrons. The lowest BCUT2D eigenvalue weighted by molar-refractivity contribution is -0.385. The highest BCUT2D eigenvalue weighted by atomic mass is 16.6. The number of oxime groups is 1. The molecule has 0 spiro atoms. The third kappa shape index (κ3) is 1.96. The average Bonchev–Trinajstić information content (AvgIpc) is 2.16. The van der Waals surface area contributed by atoms with Crippen LogP contribution in [0.5, 0.6) is 11.5 Å². The number of nitro groups is 1. The molecule has 0 saturated heterocycles. The zero-order valence-electron chi connectivity index (χ0n) is 7.71. The lowest BCUT2D eigenvalue weighted by Gasteiger charge is -2.03. The van der Waals surface area contributed by atoms with Gasteiger partial charge in [-0.2, -0.15) is 0 Å². The Morgan fingerprint density at radius 2 is 2.00 bits per heavy atom. The van der Waals surface area contributed by atoms with Gasteiger partial charge < -0.3 is 15.4 Å². The molecule has 80 valence electrons. The molecule has 0 aliphatic carbocycles. The lowest BCUT2D eigenvalue weighted by Crippen LogP contribution is -1.98. The molecule has 0 saturated carbocycles. The van der Waals surface area contributed by atoms with E-state index in [1.165, 1.54) is 6.92 Å². The van der Waals surface area contributed by atoms with Crippen LogP contribution in [0.25, 0.3) is 0 Å². The normalized spacial score (nSPS) is 11.4. The summed E-state index contributed by atoms with van der Waals surface area (Å²) < 4.78 is 0. The Morgan fingerprint density at radius 1 is 1.40 bits per heavy atom. The molecule has 0 aromatic heterocycles. The third-order valence-corrected chi connectivity index (χ3v) is 1.83. The van der Waals surface area contributed by atoms with Crippen molar-refractivity contribution in [1.29, 1.82) is 0 Å². The van der Waals surface area contributed by atoms with Gasteiger partial charge in [0.1, 0.15) is 5.75 Å². The quantitative estimate of drug-likeness (QED) is 0.295. The molecule has 1 aromatic rings. The Hall–Kier alpha value is -2.31. The van der Waals surface area contributed by atoms with E-state index in [0.717, 1.165) is 12.1 Å². The summed E-state index contributed by atoms with van der Waals surface area (Å²) in [6.45, 7) is 1.36. The van der Waals surface area contributed by atoms with Gasteiger partial charge >= 0.3 is 5.69 Å². The molecule has 1 aromatic carbocycles. The molecular weight excluding hydrogens is 204 g/mol. The van der Waals surface area contributed by atoms with Crippen molar-refractivity contribution in [3.05, 3.63) is 27.8 Å². The molecule has 15 heavy (non-hydrogen) atoms. The maximum Gasteiger partial charge on any atom is 0.311 e. The van der Waals surface area contributed by atoms with E-state index in [9.17, 15) is 15.2 Å². The Labute approximate surface area is 84.0 Å². The third-order valence-electron chi connectivity index (χ3n) is 1.83. The van der Waals surface area contributed by atoms with Gasteiger partial charge in [-0.3, -0.25) is 10.1 Å². The van der Waals surface area contributed by atoms with E-state index in [4.69, 9.17) is 10.3 Å². The van der Waals surface area contributed by atoms with Crippen LogP contribution in [0, 0.1) is 10.1 Å². The summed E-state index contributed by atoms with van der Waals surface area (Å²) >= 11 is 0. The fraction of sp³-hybridized carbons (Fsp3) is 0.125. The number of rotatable bonds is 2. The van der Waals surface area contributed by atoms with Crippen LogP contribution < -0.4 is 0 Å². The Kier molecular flexibility index (Phi) is 2.75. The molecule has 7 nitrogen and oxygen atoms in total. The van der Waals surface area contributed by atoms with Gasteiger partial charge in [0.15, 0.2) is 5.75 Å². The van der Waals surface area contributed by atoms with Gasteiger partial charge in [0, 0.05) is 17.7 Å². The van der Waals surface area contributed by atoms with Crippen LogP contribution in [0.3, 0.4) is 0 Å². The smallest absolute Gasteiger partial charge is 0.311 e. The second-order valence-corrected chi connectivity index (χ2v) is 2.80. The fourth-order valence-electron chi connectivity index (χ4n) is 1.06. The second-order valence-electron chi connectivity index (χ2n) is 2.80. The number of phenolic OH excluding ortho intramolecular Hbond substituents is 2. The van der Waals surface area contributed by atoms with Gasteiger partial charge in [0.05, 0.1) is 10.6 Å². The molecule has 3 N–H and O–H groups in total. The van der Waals surface area contributed by atoms with E-state index in [0.29, 0.717) is 0 Å². The molecular formula is C8H8N2O5. The summed E-state index contributed by atoms with van der Waals surface area (Å²) in [5, 5.41) is 40.2. The topological polar surface area (TPSA) is 116 Å². The van der Waals surface area contributed by atoms with E-state index >= 15 is 0 Å². The minimum atomic E-state index is -0.803. The van der Waals surface area contributed by atoms with Crippen molar-refractivity contribution in [3.63, 3.8) is 0 Å². The SMILES string of the molecule is C/C(=N\O)c1cc([N+](=O)[O-])c(O)cc1O. The summed E-state index contributed by atoms with van der Waals surface area (Å²) in [4.78, 5) is 9.66. The highest BCUT2D eigenvalue weighted by molar-refractivity contribution is 6.01. The number of hydrogen-bond acceptors (Lipinski definition) is 6. The van der Waals surface area contributed by atoms with E-state index in [2.05, 4.69) is 5.16 Å². The largest absolute Gasteiger partial charge is 0.507 e. The van der Waals surface area contributed by atoms with E-state index < -0.39 is 22.1 Å². The number of hydrogen-bond donors (Lipinski definition) is 3. The van der Waals surface area contributed by atoms with E-state index in [-0.39, 0.29) is 11.3 Å². The summed E-state index contributed by atoms with van der Waals surface area (Å²) in [7, 11) is 0. The van der Waals surface area contributed by atoms with Crippen LogP contribution in [0.4, 0.5) is 5.69 Å². The Morgan fingerprint density at radius 3 is 2.47 bits per heavy atom. The van der Waals surface area contributed by atoms with Crippen molar-refractivity contribution in [2.24, 2.45) is 5.16 Å². The summed E-state index contributed by atoms with van der Waals surface area (Å²) in [6.07, 6.45) is 0. The van der Waals surface area contributed by atoms with Crippen LogP contribution in [0.2, 0.25) is 0 Å². The monoisotopic (exact) mass is 212 g/mol. The second kappa shape index (κ2) is 3.82. The lowest BCUT2D eigenvalue weighted by atomic mass is 10.1. The summed E-state index contributed by atoms with van der Waals surface area (Å²) in [5.74, 6) is -1.04. The highest BCUT2D eigenvalue weighted by Gasteiger charge is 2.18. The van der Waals surface area contributed by atoms with Gasteiger partial charge in [0.2, 0.25) is 0 Å². The summed E-state index contributed by atoms with van der Waals surface area (Å²) in [5.41, 5.74) is -0.566. The van der Waals surface area contributed by atoms with Crippen molar-refractivity contribution in [2.75, 3.05) is 0 Å². The molecule has 0 aliphatic rings. The first-order valence-electron chi connectivity index (χ1n) is 3.86. The maximum atomic E-state index is 10.5. The number of benzene rings is 1. The number of phenols is 2. The molecule has 0 aliphatic heterocycles. The predicted octanol–water partition coefficient (Wildman–Crippen LogP) is 1.20. The molecule has 0 atom stereocenters. The first-order valence-corrected chi connectivity index (χ1v) is 3.86. The zero-order chi connectivity index (χ0) is 11.6. The van der Waals surface area contributed by atoms with Crippen LogP contribution >= 0.6 is 0 Å². The van der Waals surface area contributed by atoms with Gasteiger partial charge in [-0.15, -0.1) is 0 Å². The molecule has 0 fully saturated rings. The number of nitro benzene ring substituents is 1. The molecule has 7 heteroatoms. The maximum absolute atomic E-state index is 10.5. The standard InChI is InChI=1S/C8H8N2O5/c1-4(9-13)5-2-6(10(14)15)8(12)3-7(5)11/h2-3,11-13H,1H3/b9-4+. The first kappa shape index (κ1) is 10.8. The van der Waals surface area contributed by atoms with Crippen LogP contribution in [0.15, 0.2) is 17.3 Å².